The van der Waals surface area contributed by atoms with Crippen LogP contribution in [0.1, 0.15) is 27.2 Å². The molecule has 0 aromatic carbocycles. The van der Waals surface area contributed by atoms with Crippen LogP contribution in [0.3, 0.4) is 0 Å². The summed E-state index contributed by atoms with van der Waals surface area (Å²) in [5.41, 5.74) is 0. The Balaban J connectivity index is 3.33. The SMILES string of the molecule is CCNCC(=O)NCCCN(CC)CC. The fraction of sp³-hybridized carbons (Fsp3) is 0.909. The van der Waals surface area contributed by atoms with Gasteiger partial charge in [0.1, 0.15) is 0 Å². The van der Waals surface area contributed by atoms with Crippen LogP contribution in [0.25, 0.3) is 0 Å². The van der Waals surface area contributed by atoms with Crippen molar-refractivity contribution in [2.75, 3.05) is 39.3 Å². The summed E-state index contributed by atoms with van der Waals surface area (Å²) in [6.07, 6.45) is 1.03. The molecule has 0 fully saturated rings. The van der Waals surface area contributed by atoms with Gasteiger partial charge < -0.3 is 15.5 Å². The summed E-state index contributed by atoms with van der Waals surface area (Å²) in [6.45, 7) is 11.6. The molecule has 0 aliphatic rings. The van der Waals surface area contributed by atoms with E-state index in [0.717, 1.165) is 39.1 Å². The van der Waals surface area contributed by atoms with E-state index >= 15 is 0 Å². The largest absolute Gasteiger partial charge is 0.355 e. The van der Waals surface area contributed by atoms with Crippen LogP contribution in [0, 0.1) is 0 Å². The molecule has 0 unspecified atom stereocenters. The number of likely N-dealkylation sites (N-methyl/N-ethyl adjacent to an activating group) is 1. The van der Waals surface area contributed by atoms with Gasteiger partial charge in [0.15, 0.2) is 0 Å². The molecular weight excluding hydrogens is 190 g/mol. The first-order chi connectivity index (χ1) is 7.24. The van der Waals surface area contributed by atoms with Gasteiger partial charge >= 0.3 is 0 Å². The van der Waals surface area contributed by atoms with Gasteiger partial charge in [-0.1, -0.05) is 20.8 Å². The molecule has 0 heterocycles. The molecule has 4 nitrogen and oxygen atoms in total. The average molecular weight is 215 g/mol. The van der Waals surface area contributed by atoms with E-state index in [4.69, 9.17) is 0 Å². The number of carbonyl (C=O) groups excluding carboxylic acids is 1. The van der Waals surface area contributed by atoms with E-state index in [1.165, 1.54) is 0 Å². The van der Waals surface area contributed by atoms with E-state index < -0.39 is 0 Å². The smallest absolute Gasteiger partial charge is 0.233 e. The van der Waals surface area contributed by atoms with E-state index in [-0.39, 0.29) is 5.91 Å². The molecule has 0 radical (unpaired) electrons. The fourth-order valence-electron chi connectivity index (χ4n) is 1.37. The minimum Gasteiger partial charge on any atom is -0.355 e. The van der Waals surface area contributed by atoms with Crippen molar-refractivity contribution >= 4 is 5.91 Å². The van der Waals surface area contributed by atoms with E-state index in [1.807, 2.05) is 6.92 Å². The molecule has 0 saturated carbocycles. The first kappa shape index (κ1) is 14.4. The number of nitrogens with zero attached hydrogens (tertiary/aromatic N) is 1. The van der Waals surface area contributed by atoms with Crippen LogP contribution in [0.4, 0.5) is 0 Å². The van der Waals surface area contributed by atoms with Gasteiger partial charge in [-0.25, -0.2) is 0 Å². The molecule has 0 bridgehead atoms. The molecule has 1 amide bonds. The monoisotopic (exact) mass is 215 g/mol. The lowest BCUT2D eigenvalue weighted by Crippen LogP contribution is -2.35. The van der Waals surface area contributed by atoms with Crippen molar-refractivity contribution < 1.29 is 4.79 Å². The molecule has 0 saturated heterocycles. The molecule has 0 spiro atoms. The predicted octanol–water partition coefficient (Wildman–Crippen LogP) is 0.444. The highest BCUT2D eigenvalue weighted by molar-refractivity contribution is 5.77. The molecule has 0 rings (SSSR count). The Morgan fingerprint density at radius 3 is 2.40 bits per heavy atom. The van der Waals surface area contributed by atoms with Gasteiger partial charge in [-0.3, -0.25) is 4.79 Å². The van der Waals surface area contributed by atoms with Crippen LogP contribution < -0.4 is 10.6 Å². The van der Waals surface area contributed by atoms with Gasteiger partial charge in [0.25, 0.3) is 0 Å². The van der Waals surface area contributed by atoms with Crippen LogP contribution in [-0.2, 0) is 4.79 Å². The Morgan fingerprint density at radius 2 is 1.87 bits per heavy atom. The van der Waals surface area contributed by atoms with Crippen molar-refractivity contribution in [2.24, 2.45) is 0 Å². The lowest BCUT2D eigenvalue weighted by molar-refractivity contribution is -0.120. The zero-order valence-electron chi connectivity index (χ0n) is 10.3. The Labute approximate surface area is 93.4 Å². The highest BCUT2D eigenvalue weighted by Gasteiger charge is 2.00. The number of amides is 1. The second-order valence-corrected chi connectivity index (χ2v) is 3.51. The first-order valence-corrected chi connectivity index (χ1v) is 5.94. The van der Waals surface area contributed by atoms with Gasteiger partial charge in [0.05, 0.1) is 6.54 Å². The van der Waals surface area contributed by atoms with E-state index in [1.54, 1.807) is 0 Å². The summed E-state index contributed by atoms with van der Waals surface area (Å²) in [4.78, 5) is 13.6. The molecule has 0 aliphatic heterocycles. The van der Waals surface area contributed by atoms with Crippen molar-refractivity contribution in [3.63, 3.8) is 0 Å². The van der Waals surface area contributed by atoms with Crippen LogP contribution >= 0.6 is 0 Å². The minimum absolute atomic E-state index is 0.0939. The molecule has 0 aliphatic carbocycles. The highest BCUT2D eigenvalue weighted by atomic mass is 16.1. The molecular formula is C11H25N3O. The standard InChI is InChI=1S/C11H25N3O/c1-4-12-10-11(15)13-8-7-9-14(5-2)6-3/h12H,4-10H2,1-3H3,(H,13,15). The van der Waals surface area contributed by atoms with Gasteiger partial charge in [0, 0.05) is 6.54 Å². The Hall–Kier alpha value is -0.610. The highest BCUT2D eigenvalue weighted by Crippen LogP contribution is 1.88. The summed E-state index contributed by atoms with van der Waals surface area (Å²) in [7, 11) is 0. The molecule has 15 heavy (non-hydrogen) atoms. The summed E-state index contributed by atoms with van der Waals surface area (Å²) in [6, 6.07) is 0. The summed E-state index contributed by atoms with van der Waals surface area (Å²) in [5, 5.41) is 5.89. The van der Waals surface area contributed by atoms with Gasteiger partial charge in [0.2, 0.25) is 5.91 Å². The van der Waals surface area contributed by atoms with Crippen molar-refractivity contribution in [3.05, 3.63) is 0 Å². The molecule has 0 aromatic rings. The number of nitrogens with one attached hydrogen (secondary N) is 2. The number of rotatable bonds is 9. The Morgan fingerprint density at radius 1 is 1.20 bits per heavy atom. The average Bonchev–Trinajstić information content (AvgIpc) is 2.26. The van der Waals surface area contributed by atoms with Crippen LogP contribution in [0.15, 0.2) is 0 Å². The summed E-state index contributed by atoms with van der Waals surface area (Å²) < 4.78 is 0. The maximum absolute atomic E-state index is 11.2. The van der Waals surface area contributed by atoms with Crippen molar-refractivity contribution in [3.8, 4) is 0 Å². The lowest BCUT2D eigenvalue weighted by atomic mass is 10.3. The van der Waals surface area contributed by atoms with E-state index in [9.17, 15) is 4.79 Å². The van der Waals surface area contributed by atoms with Crippen molar-refractivity contribution in [2.45, 2.75) is 27.2 Å². The number of hydrogen-bond acceptors (Lipinski definition) is 3. The minimum atomic E-state index is 0.0939. The molecule has 4 heteroatoms. The second kappa shape index (κ2) is 9.93. The predicted molar refractivity (Wildman–Crippen MR) is 64.0 cm³/mol. The number of carbonyl (C=O) groups is 1. The topological polar surface area (TPSA) is 44.4 Å². The van der Waals surface area contributed by atoms with E-state index in [0.29, 0.717) is 6.54 Å². The fourth-order valence-corrected chi connectivity index (χ4v) is 1.37. The van der Waals surface area contributed by atoms with Crippen molar-refractivity contribution in [1.82, 2.24) is 15.5 Å². The van der Waals surface area contributed by atoms with Crippen LogP contribution in [0.2, 0.25) is 0 Å². The quantitative estimate of drug-likeness (QED) is 0.549. The third-order valence-electron chi connectivity index (χ3n) is 2.40. The second-order valence-electron chi connectivity index (χ2n) is 3.51. The zero-order chi connectivity index (χ0) is 11.5. The van der Waals surface area contributed by atoms with Crippen molar-refractivity contribution in [1.29, 1.82) is 0 Å². The molecule has 90 valence electrons. The maximum atomic E-state index is 11.2. The third-order valence-corrected chi connectivity index (χ3v) is 2.40. The Kier molecular flexibility index (Phi) is 9.52. The first-order valence-electron chi connectivity index (χ1n) is 5.94. The maximum Gasteiger partial charge on any atom is 0.233 e. The lowest BCUT2D eigenvalue weighted by Gasteiger charge is -2.17. The van der Waals surface area contributed by atoms with Crippen LogP contribution in [-0.4, -0.2) is 50.1 Å². The summed E-state index contributed by atoms with van der Waals surface area (Å²) in [5.74, 6) is 0.0939. The van der Waals surface area contributed by atoms with Gasteiger partial charge in [-0.15, -0.1) is 0 Å². The Bertz CT molecular complexity index is 158. The molecule has 2 N–H and O–H groups in total. The van der Waals surface area contributed by atoms with Crippen LogP contribution in [0.5, 0.6) is 0 Å². The zero-order valence-corrected chi connectivity index (χ0v) is 10.3. The third kappa shape index (κ3) is 8.39. The van der Waals surface area contributed by atoms with Gasteiger partial charge in [-0.2, -0.15) is 0 Å². The molecule has 0 aromatic heterocycles. The van der Waals surface area contributed by atoms with Gasteiger partial charge in [-0.05, 0) is 32.6 Å². The molecule has 0 atom stereocenters. The summed E-state index contributed by atoms with van der Waals surface area (Å²) >= 11 is 0. The number of hydrogen-bond donors (Lipinski definition) is 2. The van der Waals surface area contributed by atoms with E-state index in [2.05, 4.69) is 29.4 Å². The normalized spacial score (nSPS) is 10.7.